The number of alkyl carbamates (subject to hydrolysis) is 1. The Labute approximate surface area is 243 Å². The minimum Gasteiger partial charge on any atom is -0.496 e. The number of carbonyl (C=O) groups is 1. The van der Waals surface area contributed by atoms with Crippen LogP contribution in [0.1, 0.15) is 45.6 Å². The second kappa shape index (κ2) is 13.7. The molecule has 10 heteroatoms. The second-order valence-corrected chi connectivity index (χ2v) is 11.7. The Hall–Kier alpha value is -3.79. The molecule has 0 unspecified atom stereocenters. The number of anilines is 3. The van der Waals surface area contributed by atoms with Crippen LogP contribution in [0.5, 0.6) is 5.75 Å². The lowest BCUT2D eigenvalue weighted by molar-refractivity contribution is 0.0527. The fraction of sp³-hybridized carbons (Fsp3) is 0.516. The molecule has 3 N–H and O–H groups in total. The van der Waals surface area contributed by atoms with Crippen molar-refractivity contribution in [3.63, 3.8) is 0 Å². The number of rotatable bonds is 11. The standard InChI is InChI=1S/C31H45N7O3/c1-31(2,3)41-30(39)33-18-10-17-32-29-35-25-12-8-7-11-23(25)28(36-29)34-22-15-19-38(20-16-22)21-24-26(37(4)5)13-9-14-27(24)40-6/h7-9,11-14,22H,10,15-21H2,1-6H3,(H,33,39)(H2,32,34,35,36). The van der Waals surface area contributed by atoms with Crippen LogP contribution in [0.2, 0.25) is 0 Å². The topological polar surface area (TPSA) is 104 Å². The van der Waals surface area contributed by atoms with E-state index in [1.54, 1.807) is 7.11 Å². The molecule has 3 aromatic rings. The fourth-order valence-corrected chi connectivity index (χ4v) is 5.03. The second-order valence-electron chi connectivity index (χ2n) is 11.7. The van der Waals surface area contributed by atoms with Gasteiger partial charge >= 0.3 is 6.09 Å². The van der Waals surface area contributed by atoms with Gasteiger partial charge in [0.2, 0.25) is 5.95 Å². The number of carbonyl (C=O) groups excluding carboxylic acids is 1. The van der Waals surface area contributed by atoms with E-state index >= 15 is 0 Å². The number of hydrogen-bond donors (Lipinski definition) is 3. The van der Waals surface area contributed by atoms with Gasteiger partial charge in [0.25, 0.3) is 0 Å². The highest BCUT2D eigenvalue weighted by atomic mass is 16.6. The summed E-state index contributed by atoms with van der Waals surface area (Å²) in [5.41, 5.74) is 2.80. The van der Waals surface area contributed by atoms with Gasteiger partial charge < -0.3 is 30.3 Å². The summed E-state index contributed by atoms with van der Waals surface area (Å²) in [6.07, 6.45) is 2.35. The van der Waals surface area contributed by atoms with Crippen molar-refractivity contribution < 1.29 is 14.3 Å². The summed E-state index contributed by atoms with van der Waals surface area (Å²) in [4.78, 5) is 26.1. The maximum absolute atomic E-state index is 11.9. The molecule has 222 valence electrons. The molecule has 0 radical (unpaired) electrons. The van der Waals surface area contributed by atoms with E-state index in [-0.39, 0.29) is 0 Å². The summed E-state index contributed by atoms with van der Waals surface area (Å²) in [6.45, 7) is 9.52. The first-order chi connectivity index (χ1) is 19.6. The van der Waals surface area contributed by atoms with Crippen LogP contribution in [0.4, 0.5) is 22.2 Å². The van der Waals surface area contributed by atoms with Crippen LogP contribution in [0.25, 0.3) is 10.9 Å². The molecule has 1 aromatic heterocycles. The highest BCUT2D eigenvalue weighted by Crippen LogP contribution is 2.31. The number of methoxy groups -OCH3 is 1. The zero-order valence-corrected chi connectivity index (χ0v) is 25.3. The predicted molar refractivity (Wildman–Crippen MR) is 166 cm³/mol. The molecule has 41 heavy (non-hydrogen) atoms. The highest BCUT2D eigenvalue weighted by molar-refractivity contribution is 5.90. The van der Waals surface area contributed by atoms with E-state index in [2.05, 4.69) is 52.0 Å². The molecule has 2 heterocycles. The smallest absolute Gasteiger partial charge is 0.407 e. The molecule has 1 fully saturated rings. The molecule has 1 amide bonds. The number of likely N-dealkylation sites (tertiary alicyclic amines) is 1. The van der Waals surface area contributed by atoms with Gasteiger partial charge in [0.05, 0.1) is 12.6 Å². The van der Waals surface area contributed by atoms with E-state index in [0.29, 0.717) is 25.1 Å². The van der Waals surface area contributed by atoms with Crippen LogP contribution < -0.4 is 25.6 Å². The van der Waals surface area contributed by atoms with Crippen molar-refractivity contribution in [2.45, 2.75) is 58.2 Å². The van der Waals surface area contributed by atoms with Gasteiger partial charge in [-0.05, 0) is 64.3 Å². The maximum atomic E-state index is 11.9. The predicted octanol–water partition coefficient (Wildman–Crippen LogP) is 5.11. The van der Waals surface area contributed by atoms with Gasteiger partial charge in [-0.3, -0.25) is 4.90 Å². The fourth-order valence-electron chi connectivity index (χ4n) is 5.03. The average molecular weight is 564 g/mol. The van der Waals surface area contributed by atoms with Gasteiger partial charge in [-0.2, -0.15) is 4.98 Å². The molecular weight excluding hydrogens is 518 g/mol. The number of nitrogens with zero attached hydrogens (tertiary/aromatic N) is 4. The van der Waals surface area contributed by atoms with Crippen LogP contribution in [-0.4, -0.2) is 80.0 Å². The lowest BCUT2D eigenvalue weighted by Crippen LogP contribution is -2.39. The van der Waals surface area contributed by atoms with E-state index in [0.717, 1.165) is 61.4 Å². The largest absolute Gasteiger partial charge is 0.496 e. The van der Waals surface area contributed by atoms with E-state index in [1.807, 2.05) is 51.1 Å². The monoisotopic (exact) mass is 563 g/mol. The van der Waals surface area contributed by atoms with Gasteiger partial charge in [-0.1, -0.05) is 18.2 Å². The number of aromatic nitrogens is 2. The van der Waals surface area contributed by atoms with Crippen molar-refractivity contribution in [2.75, 3.05) is 62.9 Å². The number of nitrogens with one attached hydrogen (secondary N) is 3. The van der Waals surface area contributed by atoms with Crippen molar-refractivity contribution in [2.24, 2.45) is 0 Å². The first kappa shape index (κ1) is 30.2. The summed E-state index contributed by atoms with van der Waals surface area (Å²) < 4.78 is 11.0. The van der Waals surface area contributed by atoms with Crippen LogP contribution in [0, 0.1) is 0 Å². The summed E-state index contributed by atoms with van der Waals surface area (Å²) >= 11 is 0. The van der Waals surface area contributed by atoms with E-state index in [4.69, 9.17) is 19.4 Å². The normalized spacial score (nSPS) is 14.5. The minimum atomic E-state index is -0.508. The zero-order chi connectivity index (χ0) is 29.4. The van der Waals surface area contributed by atoms with Crippen LogP contribution in [0.15, 0.2) is 42.5 Å². The molecule has 1 saturated heterocycles. The molecule has 4 rings (SSSR count). The third-order valence-electron chi connectivity index (χ3n) is 7.03. The molecular formula is C31H45N7O3. The molecule has 0 aliphatic carbocycles. The van der Waals surface area contributed by atoms with Crippen molar-refractivity contribution in [1.29, 1.82) is 0 Å². The van der Waals surface area contributed by atoms with Gasteiger partial charge in [0.15, 0.2) is 0 Å². The Morgan fingerprint density at radius 2 is 1.80 bits per heavy atom. The molecule has 0 saturated carbocycles. The van der Waals surface area contributed by atoms with Gasteiger partial charge in [0, 0.05) is 69.5 Å². The van der Waals surface area contributed by atoms with E-state index < -0.39 is 11.7 Å². The molecule has 10 nitrogen and oxygen atoms in total. The van der Waals surface area contributed by atoms with Gasteiger partial charge in [0.1, 0.15) is 17.2 Å². The Morgan fingerprint density at radius 1 is 1.05 bits per heavy atom. The lowest BCUT2D eigenvalue weighted by Gasteiger charge is -2.34. The van der Waals surface area contributed by atoms with Crippen molar-refractivity contribution in [1.82, 2.24) is 20.2 Å². The summed E-state index contributed by atoms with van der Waals surface area (Å²) in [6, 6.07) is 14.6. The zero-order valence-electron chi connectivity index (χ0n) is 25.3. The summed E-state index contributed by atoms with van der Waals surface area (Å²) in [7, 11) is 5.89. The Kier molecular flexibility index (Phi) is 10.1. The van der Waals surface area contributed by atoms with Crippen molar-refractivity contribution in [3.05, 3.63) is 48.0 Å². The first-order valence-electron chi connectivity index (χ1n) is 14.4. The highest BCUT2D eigenvalue weighted by Gasteiger charge is 2.23. The minimum absolute atomic E-state index is 0.321. The first-order valence-corrected chi connectivity index (χ1v) is 14.4. The Morgan fingerprint density at radius 3 is 2.51 bits per heavy atom. The van der Waals surface area contributed by atoms with Crippen molar-refractivity contribution >= 4 is 34.4 Å². The molecule has 0 atom stereocenters. The van der Waals surface area contributed by atoms with E-state index in [1.165, 1.54) is 11.3 Å². The average Bonchev–Trinajstić information content (AvgIpc) is 2.93. The number of benzene rings is 2. The van der Waals surface area contributed by atoms with Gasteiger partial charge in [-0.25, -0.2) is 9.78 Å². The van der Waals surface area contributed by atoms with Crippen molar-refractivity contribution in [3.8, 4) is 5.75 Å². The summed E-state index contributed by atoms with van der Waals surface area (Å²) in [5, 5.41) is 10.8. The van der Waals surface area contributed by atoms with E-state index in [9.17, 15) is 4.79 Å². The molecule has 1 aliphatic heterocycles. The number of fused-ring (bicyclic) bond motifs is 1. The summed E-state index contributed by atoms with van der Waals surface area (Å²) in [5.74, 6) is 2.36. The number of amides is 1. The number of para-hydroxylation sites is 1. The number of ether oxygens (including phenoxy) is 2. The maximum Gasteiger partial charge on any atom is 0.407 e. The Bertz CT molecular complexity index is 1300. The lowest BCUT2D eigenvalue weighted by atomic mass is 10.0. The molecule has 0 bridgehead atoms. The molecule has 2 aromatic carbocycles. The number of hydrogen-bond acceptors (Lipinski definition) is 9. The van der Waals surface area contributed by atoms with Crippen LogP contribution in [0.3, 0.4) is 0 Å². The molecule has 0 spiro atoms. The van der Waals surface area contributed by atoms with Crippen LogP contribution in [-0.2, 0) is 11.3 Å². The Balaban J connectivity index is 1.34. The van der Waals surface area contributed by atoms with Crippen LogP contribution >= 0.6 is 0 Å². The molecule has 1 aliphatic rings. The third-order valence-corrected chi connectivity index (χ3v) is 7.03. The third kappa shape index (κ3) is 8.60. The number of piperidine rings is 1. The SMILES string of the molecule is COc1cccc(N(C)C)c1CN1CCC(Nc2nc(NCCCNC(=O)OC(C)(C)C)nc3ccccc23)CC1. The quantitative estimate of drug-likeness (QED) is 0.275. The van der Waals surface area contributed by atoms with Gasteiger partial charge in [-0.15, -0.1) is 0 Å².